The van der Waals surface area contributed by atoms with Crippen LogP contribution in [-0.2, 0) is 12.7 Å². The molecular weight excluding hydrogens is 407 g/mol. The Hall–Kier alpha value is -3.07. The number of H-pyrrole nitrogens is 1. The molecule has 0 aliphatic carbocycles. The van der Waals surface area contributed by atoms with Gasteiger partial charge in [0.1, 0.15) is 5.65 Å². The van der Waals surface area contributed by atoms with Gasteiger partial charge in [-0.25, -0.2) is 4.98 Å². The van der Waals surface area contributed by atoms with Gasteiger partial charge in [0.2, 0.25) is 0 Å². The van der Waals surface area contributed by atoms with Crippen LogP contribution in [0.2, 0.25) is 0 Å². The molecule has 164 valence electrons. The predicted molar refractivity (Wildman–Crippen MR) is 113 cm³/mol. The third kappa shape index (κ3) is 4.66. The Balaban J connectivity index is 1.40. The molecule has 9 heteroatoms. The number of likely N-dealkylation sites (tertiary alicyclic amines) is 1. The van der Waals surface area contributed by atoms with Crippen LogP contribution in [0.1, 0.15) is 34.3 Å². The zero-order valence-electron chi connectivity index (χ0n) is 17.1. The van der Waals surface area contributed by atoms with Gasteiger partial charge in [-0.2, -0.15) is 13.2 Å². The molecule has 1 aliphatic rings. The fourth-order valence-electron chi connectivity index (χ4n) is 3.97. The molecule has 1 amide bonds. The van der Waals surface area contributed by atoms with E-state index in [1.165, 1.54) is 0 Å². The van der Waals surface area contributed by atoms with Crippen LogP contribution in [0.3, 0.4) is 0 Å². The van der Waals surface area contributed by atoms with Gasteiger partial charge in [-0.3, -0.25) is 9.69 Å². The van der Waals surface area contributed by atoms with E-state index in [9.17, 15) is 18.0 Å². The first-order valence-corrected chi connectivity index (χ1v) is 10.2. The van der Waals surface area contributed by atoms with Crippen molar-refractivity contribution in [3.8, 4) is 0 Å². The second-order valence-electron chi connectivity index (χ2n) is 7.76. The summed E-state index contributed by atoms with van der Waals surface area (Å²) in [7, 11) is 1.59. The average Bonchev–Trinajstić information content (AvgIpc) is 3.24. The van der Waals surface area contributed by atoms with Crippen molar-refractivity contribution in [2.75, 3.05) is 25.5 Å². The monoisotopic (exact) mass is 431 g/mol. The molecule has 4 rings (SSSR count). The highest BCUT2D eigenvalue weighted by Gasteiger charge is 2.30. The summed E-state index contributed by atoms with van der Waals surface area (Å²) in [4.78, 5) is 21.9. The maximum absolute atomic E-state index is 12.7. The smallest absolute Gasteiger partial charge is 0.381 e. The van der Waals surface area contributed by atoms with Crippen LogP contribution in [-0.4, -0.2) is 47.0 Å². The van der Waals surface area contributed by atoms with E-state index in [1.54, 1.807) is 31.6 Å². The van der Waals surface area contributed by atoms with Gasteiger partial charge >= 0.3 is 6.18 Å². The Labute approximate surface area is 177 Å². The van der Waals surface area contributed by atoms with E-state index in [0.29, 0.717) is 12.1 Å². The van der Waals surface area contributed by atoms with Gasteiger partial charge < -0.3 is 15.6 Å². The van der Waals surface area contributed by atoms with Crippen LogP contribution in [0.25, 0.3) is 11.0 Å². The molecule has 1 aliphatic heterocycles. The summed E-state index contributed by atoms with van der Waals surface area (Å²) in [6.07, 6.45) is 0.779. The zero-order valence-corrected chi connectivity index (χ0v) is 17.1. The number of benzene rings is 1. The van der Waals surface area contributed by atoms with Crippen molar-refractivity contribution < 1.29 is 18.0 Å². The van der Waals surface area contributed by atoms with Gasteiger partial charge in [0.25, 0.3) is 5.91 Å². The minimum Gasteiger partial charge on any atom is -0.381 e. The summed E-state index contributed by atoms with van der Waals surface area (Å²) in [5, 5.41) is 7.05. The quantitative estimate of drug-likeness (QED) is 0.571. The van der Waals surface area contributed by atoms with Gasteiger partial charge in [-0.1, -0.05) is 12.1 Å². The number of pyridine rings is 1. The lowest BCUT2D eigenvalue weighted by molar-refractivity contribution is -0.137. The van der Waals surface area contributed by atoms with Gasteiger partial charge in [-0.15, -0.1) is 0 Å². The number of fused-ring (bicyclic) bond motifs is 1. The third-order valence-corrected chi connectivity index (χ3v) is 5.68. The molecule has 2 aromatic heterocycles. The number of hydrogen-bond acceptors (Lipinski definition) is 4. The largest absolute Gasteiger partial charge is 0.416 e. The summed E-state index contributed by atoms with van der Waals surface area (Å²) in [6, 6.07) is 7.44. The van der Waals surface area contributed by atoms with Crippen molar-refractivity contribution in [1.29, 1.82) is 0 Å². The summed E-state index contributed by atoms with van der Waals surface area (Å²) < 4.78 is 38.2. The minimum atomic E-state index is -4.31. The Bertz CT molecular complexity index is 1050. The van der Waals surface area contributed by atoms with Crippen LogP contribution < -0.4 is 10.6 Å². The van der Waals surface area contributed by atoms with Crippen LogP contribution in [0.4, 0.5) is 18.9 Å². The fraction of sp³-hybridized carbons (Fsp3) is 0.364. The third-order valence-electron chi connectivity index (χ3n) is 5.68. The van der Waals surface area contributed by atoms with E-state index in [1.807, 2.05) is 6.07 Å². The molecule has 1 fully saturated rings. The number of amides is 1. The number of aromatic amines is 1. The predicted octanol–water partition coefficient (Wildman–Crippen LogP) is 4.02. The molecule has 3 N–H and O–H groups in total. The molecule has 1 saturated heterocycles. The lowest BCUT2D eigenvalue weighted by atomic mass is 10.0. The van der Waals surface area contributed by atoms with Gasteiger partial charge in [-0.05, 0) is 36.6 Å². The van der Waals surface area contributed by atoms with Crippen LogP contribution >= 0.6 is 0 Å². The van der Waals surface area contributed by atoms with Crippen LogP contribution in [0.5, 0.6) is 0 Å². The number of carbonyl (C=O) groups is 1. The standard InChI is InChI=1S/C22H24F3N5O/c1-26-21(31)18-12-28-20-17(6-9-27-20)19(18)29-16-7-10-30(11-8-16)13-14-2-4-15(5-3-14)22(23,24)25/h2-6,9,12,16H,7-8,10-11,13H2,1H3,(H,26,31)(H2,27,28,29). The van der Waals surface area contributed by atoms with Crippen molar-refractivity contribution in [1.82, 2.24) is 20.2 Å². The normalized spacial score (nSPS) is 15.9. The Morgan fingerprint density at radius 1 is 1.19 bits per heavy atom. The van der Waals surface area contributed by atoms with Crippen molar-refractivity contribution in [3.05, 3.63) is 59.4 Å². The average molecular weight is 431 g/mol. The molecule has 0 bridgehead atoms. The molecule has 6 nitrogen and oxygen atoms in total. The Morgan fingerprint density at radius 3 is 2.55 bits per heavy atom. The fourth-order valence-corrected chi connectivity index (χ4v) is 3.97. The van der Waals surface area contributed by atoms with Gasteiger partial charge in [0, 0.05) is 50.5 Å². The SMILES string of the molecule is CNC(=O)c1cnc2[nH]ccc2c1NC1CCN(Cc2ccc(C(F)(F)F)cc2)CC1. The summed E-state index contributed by atoms with van der Waals surface area (Å²) in [5.41, 5.74) is 2.23. The van der Waals surface area contributed by atoms with Crippen molar-refractivity contribution in [3.63, 3.8) is 0 Å². The highest BCUT2D eigenvalue weighted by atomic mass is 19.4. The highest BCUT2D eigenvalue weighted by Crippen LogP contribution is 2.30. The molecular formula is C22H24F3N5O. The summed E-state index contributed by atoms with van der Waals surface area (Å²) in [5.74, 6) is -0.196. The first-order chi connectivity index (χ1) is 14.8. The number of halogens is 3. The van der Waals surface area contributed by atoms with Crippen LogP contribution in [0.15, 0.2) is 42.7 Å². The van der Waals surface area contributed by atoms with E-state index in [4.69, 9.17) is 0 Å². The van der Waals surface area contributed by atoms with Gasteiger partial charge in [0.15, 0.2) is 0 Å². The Morgan fingerprint density at radius 2 is 1.90 bits per heavy atom. The van der Waals surface area contributed by atoms with E-state index in [2.05, 4.69) is 25.5 Å². The second kappa shape index (κ2) is 8.58. The summed E-state index contributed by atoms with van der Waals surface area (Å²) in [6.45, 7) is 2.25. The number of nitrogens with one attached hydrogen (secondary N) is 3. The minimum absolute atomic E-state index is 0.188. The lowest BCUT2D eigenvalue weighted by Crippen LogP contribution is -2.39. The molecule has 3 heterocycles. The van der Waals surface area contributed by atoms with Crippen molar-refractivity contribution >= 4 is 22.6 Å². The number of aromatic nitrogens is 2. The van der Waals surface area contributed by atoms with E-state index >= 15 is 0 Å². The van der Waals surface area contributed by atoms with Crippen LogP contribution in [0, 0.1) is 0 Å². The second-order valence-corrected chi connectivity index (χ2v) is 7.76. The van der Waals surface area contributed by atoms with Gasteiger partial charge in [0.05, 0.1) is 16.8 Å². The molecule has 0 spiro atoms. The van der Waals surface area contributed by atoms with E-state index in [-0.39, 0.29) is 11.9 Å². The first kappa shape index (κ1) is 21.2. The summed E-state index contributed by atoms with van der Waals surface area (Å²) >= 11 is 0. The maximum Gasteiger partial charge on any atom is 0.416 e. The number of alkyl halides is 3. The van der Waals surface area contributed by atoms with E-state index in [0.717, 1.165) is 60.3 Å². The van der Waals surface area contributed by atoms with E-state index < -0.39 is 11.7 Å². The first-order valence-electron chi connectivity index (χ1n) is 10.2. The highest BCUT2D eigenvalue weighted by molar-refractivity contribution is 6.06. The molecule has 0 radical (unpaired) electrons. The molecule has 0 saturated carbocycles. The number of piperidine rings is 1. The Kier molecular flexibility index (Phi) is 5.86. The molecule has 0 atom stereocenters. The molecule has 3 aromatic rings. The number of carbonyl (C=O) groups excluding carboxylic acids is 1. The number of nitrogens with zero attached hydrogens (tertiary/aromatic N) is 2. The number of rotatable bonds is 5. The zero-order chi connectivity index (χ0) is 22.0. The van der Waals surface area contributed by atoms with Crippen molar-refractivity contribution in [2.45, 2.75) is 31.6 Å². The number of anilines is 1. The lowest BCUT2D eigenvalue weighted by Gasteiger charge is -2.33. The molecule has 1 aromatic carbocycles. The number of hydrogen-bond donors (Lipinski definition) is 3. The molecule has 0 unspecified atom stereocenters. The maximum atomic E-state index is 12.7. The van der Waals surface area contributed by atoms with Crippen molar-refractivity contribution in [2.24, 2.45) is 0 Å². The molecule has 31 heavy (non-hydrogen) atoms. The topological polar surface area (TPSA) is 73.0 Å².